The molecule has 3 heterocycles. The maximum absolute atomic E-state index is 12.6. The molecule has 0 saturated carbocycles. The SMILES string of the molecule is Cc1ccn(CC(=O)N(C)CCN(C2CCOCC2)C2CCCN(S(C)(=O)=O)C2)n1. The first-order chi connectivity index (χ1) is 14.2. The minimum Gasteiger partial charge on any atom is -0.381 e. The topological polar surface area (TPSA) is 88.0 Å². The lowest BCUT2D eigenvalue weighted by molar-refractivity contribution is -0.131. The molecule has 2 saturated heterocycles. The van der Waals surface area contributed by atoms with E-state index in [0.29, 0.717) is 25.7 Å². The van der Waals surface area contributed by atoms with Crippen molar-refractivity contribution in [2.75, 3.05) is 52.7 Å². The minimum atomic E-state index is -3.19. The van der Waals surface area contributed by atoms with Gasteiger partial charge in [0.05, 0.1) is 11.9 Å². The molecule has 1 amide bonds. The molecule has 0 spiro atoms. The van der Waals surface area contributed by atoms with Crippen LogP contribution in [0, 0.1) is 6.92 Å². The predicted molar refractivity (Wildman–Crippen MR) is 115 cm³/mol. The van der Waals surface area contributed by atoms with Crippen LogP contribution in [0.25, 0.3) is 0 Å². The Bertz CT molecular complexity index is 806. The normalized spacial score (nSPS) is 21.8. The molecule has 170 valence electrons. The van der Waals surface area contributed by atoms with Crippen molar-refractivity contribution in [3.63, 3.8) is 0 Å². The fraction of sp³-hybridized carbons (Fsp3) is 0.800. The molecule has 30 heavy (non-hydrogen) atoms. The van der Waals surface area contributed by atoms with E-state index < -0.39 is 10.0 Å². The van der Waals surface area contributed by atoms with Gasteiger partial charge in [0.15, 0.2) is 0 Å². The van der Waals surface area contributed by atoms with Gasteiger partial charge in [-0.05, 0) is 38.7 Å². The summed E-state index contributed by atoms with van der Waals surface area (Å²) in [6.07, 6.45) is 6.84. The molecule has 2 aliphatic heterocycles. The van der Waals surface area contributed by atoms with Crippen LogP contribution < -0.4 is 0 Å². The number of nitrogens with zero attached hydrogens (tertiary/aromatic N) is 5. The number of aromatic nitrogens is 2. The van der Waals surface area contributed by atoms with Gasteiger partial charge in [0.1, 0.15) is 6.54 Å². The van der Waals surface area contributed by atoms with Gasteiger partial charge in [-0.15, -0.1) is 0 Å². The Morgan fingerprint density at radius 1 is 1.23 bits per heavy atom. The predicted octanol–water partition coefficient (Wildman–Crippen LogP) is 0.555. The number of carbonyl (C=O) groups is 1. The van der Waals surface area contributed by atoms with Gasteiger partial charge in [0.25, 0.3) is 0 Å². The first kappa shape index (κ1) is 23.2. The molecule has 10 heteroatoms. The van der Waals surface area contributed by atoms with Crippen molar-refractivity contribution in [1.29, 1.82) is 0 Å². The van der Waals surface area contributed by atoms with E-state index in [9.17, 15) is 13.2 Å². The number of likely N-dealkylation sites (N-methyl/N-ethyl adjacent to an activating group) is 1. The summed E-state index contributed by atoms with van der Waals surface area (Å²) in [5.41, 5.74) is 0.892. The molecule has 0 radical (unpaired) electrons. The fourth-order valence-electron chi connectivity index (χ4n) is 4.37. The third-order valence-corrected chi connectivity index (χ3v) is 7.42. The number of hydrogen-bond donors (Lipinski definition) is 0. The zero-order valence-electron chi connectivity index (χ0n) is 18.4. The van der Waals surface area contributed by atoms with Crippen LogP contribution in [0.2, 0.25) is 0 Å². The maximum Gasteiger partial charge on any atom is 0.244 e. The molecular weight excluding hydrogens is 406 g/mol. The second kappa shape index (κ2) is 10.2. The Labute approximate surface area is 180 Å². The Hall–Kier alpha value is -1.49. The number of hydrogen-bond acceptors (Lipinski definition) is 6. The highest BCUT2D eigenvalue weighted by Gasteiger charge is 2.33. The average molecular weight is 442 g/mol. The van der Waals surface area contributed by atoms with E-state index in [-0.39, 0.29) is 18.5 Å². The molecule has 3 rings (SSSR count). The van der Waals surface area contributed by atoms with Crippen LogP contribution in [0.3, 0.4) is 0 Å². The van der Waals surface area contributed by atoms with E-state index in [1.165, 1.54) is 6.26 Å². The molecule has 0 bridgehead atoms. The van der Waals surface area contributed by atoms with Crippen molar-refractivity contribution in [3.8, 4) is 0 Å². The van der Waals surface area contributed by atoms with Crippen LogP contribution in [-0.4, -0.2) is 103 Å². The van der Waals surface area contributed by atoms with Crippen molar-refractivity contribution >= 4 is 15.9 Å². The van der Waals surface area contributed by atoms with Gasteiger partial charge >= 0.3 is 0 Å². The van der Waals surface area contributed by atoms with Crippen LogP contribution in [-0.2, 0) is 26.1 Å². The second-order valence-corrected chi connectivity index (χ2v) is 10.5. The summed E-state index contributed by atoms with van der Waals surface area (Å²) in [6.45, 7) is 6.06. The van der Waals surface area contributed by atoms with E-state index in [2.05, 4.69) is 10.00 Å². The third-order valence-electron chi connectivity index (χ3n) is 6.15. The van der Waals surface area contributed by atoms with Gasteiger partial charge in [-0.2, -0.15) is 5.10 Å². The van der Waals surface area contributed by atoms with Crippen LogP contribution in [0.1, 0.15) is 31.4 Å². The molecule has 0 aliphatic carbocycles. The summed E-state index contributed by atoms with van der Waals surface area (Å²) in [4.78, 5) is 16.8. The van der Waals surface area contributed by atoms with Gasteiger partial charge in [-0.25, -0.2) is 12.7 Å². The van der Waals surface area contributed by atoms with E-state index in [1.807, 2.05) is 26.2 Å². The Morgan fingerprint density at radius 2 is 1.97 bits per heavy atom. The summed E-state index contributed by atoms with van der Waals surface area (Å²) in [6, 6.07) is 2.42. The van der Waals surface area contributed by atoms with Crippen LogP contribution >= 0.6 is 0 Å². The highest BCUT2D eigenvalue weighted by Crippen LogP contribution is 2.24. The number of amides is 1. The second-order valence-electron chi connectivity index (χ2n) is 8.47. The van der Waals surface area contributed by atoms with Crippen molar-refractivity contribution in [2.24, 2.45) is 0 Å². The molecule has 9 nitrogen and oxygen atoms in total. The van der Waals surface area contributed by atoms with Crippen LogP contribution in [0.15, 0.2) is 12.3 Å². The van der Waals surface area contributed by atoms with E-state index in [4.69, 9.17) is 4.74 Å². The first-order valence-corrected chi connectivity index (χ1v) is 12.6. The summed E-state index contributed by atoms with van der Waals surface area (Å²) in [7, 11) is -1.37. The maximum atomic E-state index is 12.6. The van der Waals surface area contributed by atoms with Gasteiger partial charge in [-0.3, -0.25) is 14.4 Å². The smallest absolute Gasteiger partial charge is 0.244 e. The lowest BCUT2D eigenvalue weighted by atomic mass is 9.99. The van der Waals surface area contributed by atoms with E-state index >= 15 is 0 Å². The van der Waals surface area contributed by atoms with Crippen molar-refractivity contribution in [3.05, 3.63) is 18.0 Å². The molecule has 1 atom stereocenters. The van der Waals surface area contributed by atoms with Gasteiger partial charge in [0, 0.05) is 64.7 Å². The Morgan fingerprint density at radius 3 is 2.60 bits per heavy atom. The number of aryl methyl sites for hydroxylation is 1. The van der Waals surface area contributed by atoms with Gasteiger partial charge in [0.2, 0.25) is 15.9 Å². The summed E-state index contributed by atoms with van der Waals surface area (Å²) in [5, 5.41) is 4.29. The standard InChI is InChI=1S/C20H35N5O4S/c1-17-6-10-23(21-17)16-20(26)22(2)11-12-25(18-7-13-29-14-8-18)19-5-4-9-24(15-19)30(3,27)28/h6,10,18-19H,4-5,7-9,11-16H2,1-3H3. The quantitative estimate of drug-likeness (QED) is 0.586. The van der Waals surface area contributed by atoms with E-state index in [0.717, 1.165) is 51.1 Å². The molecule has 1 aromatic rings. The fourth-order valence-corrected chi connectivity index (χ4v) is 5.28. The van der Waals surface area contributed by atoms with Crippen molar-refractivity contribution < 1.29 is 17.9 Å². The number of piperidine rings is 1. The summed E-state index contributed by atoms with van der Waals surface area (Å²) >= 11 is 0. The molecule has 1 aromatic heterocycles. The zero-order valence-corrected chi connectivity index (χ0v) is 19.2. The van der Waals surface area contributed by atoms with Crippen molar-refractivity contribution in [2.45, 2.75) is 51.2 Å². The van der Waals surface area contributed by atoms with Crippen molar-refractivity contribution in [1.82, 2.24) is 23.9 Å². The largest absolute Gasteiger partial charge is 0.381 e. The number of ether oxygens (including phenoxy) is 1. The molecular formula is C20H35N5O4S. The van der Waals surface area contributed by atoms with E-state index in [1.54, 1.807) is 13.9 Å². The highest BCUT2D eigenvalue weighted by molar-refractivity contribution is 7.88. The molecule has 1 unspecified atom stereocenters. The first-order valence-electron chi connectivity index (χ1n) is 10.8. The molecule has 2 aliphatic rings. The summed E-state index contributed by atoms with van der Waals surface area (Å²) < 4.78 is 33.0. The molecule has 0 N–H and O–H groups in total. The van der Waals surface area contributed by atoms with Gasteiger partial charge < -0.3 is 9.64 Å². The molecule has 0 aromatic carbocycles. The monoisotopic (exact) mass is 441 g/mol. The average Bonchev–Trinajstić information content (AvgIpc) is 3.13. The number of carbonyl (C=O) groups excluding carboxylic acids is 1. The minimum absolute atomic E-state index is 0.0198. The molecule has 2 fully saturated rings. The zero-order chi connectivity index (χ0) is 21.7. The number of rotatable bonds is 8. The Kier molecular flexibility index (Phi) is 7.89. The van der Waals surface area contributed by atoms with Crippen LogP contribution in [0.5, 0.6) is 0 Å². The van der Waals surface area contributed by atoms with Crippen LogP contribution in [0.4, 0.5) is 0 Å². The lowest BCUT2D eigenvalue weighted by Crippen LogP contribution is -2.55. The van der Waals surface area contributed by atoms with Gasteiger partial charge in [-0.1, -0.05) is 0 Å². The highest BCUT2D eigenvalue weighted by atomic mass is 32.2. The Balaban J connectivity index is 1.62. The number of sulfonamides is 1. The lowest BCUT2D eigenvalue weighted by Gasteiger charge is -2.44. The summed E-state index contributed by atoms with van der Waals surface area (Å²) in [5.74, 6) is 0.0198. The third kappa shape index (κ3) is 6.26.